The number of hydrogen-bond donors (Lipinski definition) is 2. The van der Waals surface area contributed by atoms with Gasteiger partial charge in [-0.25, -0.2) is 4.98 Å². The molecule has 0 saturated carbocycles. The third-order valence-corrected chi connectivity index (χ3v) is 7.81. The number of aliphatic hydroxyl groups is 1. The minimum Gasteiger partial charge on any atom is -0.488 e. The Morgan fingerprint density at radius 3 is 2.55 bits per heavy atom. The number of fused-ring (bicyclic) bond motifs is 1. The SMILES string of the molecule is COCC(C)Oc1cc(Oc2ccc(C(=O)N3CCC3)cc2)cc(C(=O)Nc2nc3c(s2)CN(CCO)CC3)c1. The van der Waals surface area contributed by atoms with Crippen LogP contribution >= 0.6 is 11.3 Å². The highest BCUT2D eigenvalue weighted by molar-refractivity contribution is 7.15. The molecular formula is C29H34N4O6S. The van der Waals surface area contributed by atoms with E-state index in [0.29, 0.717) is 53.2 Å². The first-order chi connectivity index (χ1) is 19.4. The predicted octanol–water partition coefficient (Wildman–Crippen LogP) is 3.80. The molecular weight excluding hydrogens is 532 g/mol. The Kier molecular flexibility index (Phi) is 8.95. The van der Waals surface area contributed by atoms with Gasteiger partial charge in [0, 0.05) is 68.3 Å². The lowest BCUT2D eigenvalue weighted by molar-refractivity contribution is 0.0651. The summed E-state index contributed by atoms with van der Waals surface area (Å²) in [5, 5.41) is 12.7. The molecule has 2 N–H and O–H groups in total. The van der Waals surface area contributed by atoms with E-state index in [1.807, 2.05) is 11.8 Å². The minimum absolute atomic E-state index is 0.0178. The van der Waals surface area contributed by atoms with Crippen molar-refractivity contribution < 1.29 is 28.9 Å². The monoisotopic (exact) mass is 566 g/mol. The van der Waals surface area contributed by atoms with Gasteiger partial charge in [0.25, 0.3) is 11.8 Å². The van der Waals surface area contributed by atoms with Gasteiger partial charge in [-0.1, -0.05) is 0 Å². The number of β-amino-alcohol motifs (C(OH)–C–C–N with tert-alkyl or cyclic N) is 1. The number of likely N-dealkylation sites (tertiary alicyclic amines) is 1. The zero-order valence-electron chi connectivity index (χ0n) is 22.7. The maximum atomic E-state index is 13.3. The molecule has 1 atom stereocenters. The van der Waals surface area contributed by atoms with E-state index in [9.17, 15) is 14.7 Å². The first-order valence-corrected chi connectivity index (χ1v) is 14.2. The Morgan fingerprint density at radius 1 is 1.07 bits per heavy atom. The second-order valence-electron chi connectivity index (χ2n) is 9.94. The molecule has 3 heterocycles. The van der Waals surface area contributed by atoms with Crippen molar-refractivity contribution in [2.75, 3.05) is 51.8 Å². The first-order valence-electron chi connectivity index (χ1n) is 13.4. The van der Waals surface area contributed by atoms with Gasteiger partial charge >= 0.3 is 0 Å². The van der Waals surface area contributed by atoms with Crippen molar-refractivity contribution in [3.63, 3.8) is 0 Å². The maximum Gasteiger partial charge on any atom is 0.257 e. The number of aromatic nitrogens is 1. The van der Waals surface area contributed by atoms with E-state index >= 15 is 0 Å². The zero-order valence-corrected chi connectivity index (χ0v) is 23.5. The molecule has 5 rings (SSSR count). The average molecular weight is 567 g/mol. The van der Waals surface area contributed by atoms with Crippen molar-refractivity contribution in [2.24, 2.45) is 0 Å². The molecule has 3 aromatic rings. The van der Waals surface area contributed by atoms with Crippen LogP contribution < -0.4 is 14.8 Å². The van der Waals surface area contributed by atoms with Crippen molar-refractivity contribution in [1.29, 1.82) is 0 Å². The van der Waals surface area contributed by atoms with Gasteiger partial charge in [-0.05, 0) is 49.7 Å². The minimum atomic E-state index is -0.330. The van der Waals surface area contributed by atoms with Crippen molar-refractivity contribution in [2.45, 2.75) is 32.4 Å². The van der Waals surface area contributed by atoms with Gasteiger partial charge in [0.2, 0.25) is 0 Å². The van der Waals surface area contributed by atoms with Gasteiger partial charge in [-0.3, -0.25) is 19.8 Å². The number of hydrogen-bond acceptors (Lipinski definition) is 9. The van der Waals surface area contributed by atoms with Gasteiger partial charge in [0.05, 0.1) is 18.9 Å². The molecule has 0 bridgehead atoms. The summed E-state index contributed by atoms with van der Waals surface area (Å²) in [6.07, 6.45) is 1.58. The summed E-state index contributed by atoms with van der Waals surface area (Å²) >= 11 is 1.45. The molecule has 40 heavy (non-hydrogen) atoms. The maximum absolute atomic E-state index is 13.3. The van der Waals surface area contributed by atoms with Crippen LogP contribution in [-0.2, 0) is 17.7 Å². The van der Waals surface area contributed by atoms with Crippen LogP contribution in [-0.4, -0.2) is 84.3 Å². The third kappa shape index (κ3) is 6.79. The summed E-state index contributed by atoms with van der Waals surface area (Å²) in [5.41, 5.74) is 1.96. The van der Waals surface area contributed by atoms with Crippen LogP contribution in [0.3, 0.4) is 0 Å². The summed E-state index contributed by atoms with van der Waals surface area (Å²) in [4.78, 5) is 35.5. The lowest BCUT2D eigenvalue weighted by atomic mass is 10.1. The van der Waals surface area contributed by atoms with E-state index < -0.39 is 0 Å². The Morgan fingerprint density at radius 2 is 1.85 bits per heavy atom. The average Bonchev–Trinajstić information content (AvgIpc) is 3.29. The number of amides is 2. The van der Waals surface area contributed by atoms with Gasteiger partial charge in [-0.15, -0.1) is 11.3 Å². The number of carbonyl (C=O) groups excluding carboxylic acids is 2. The third-order valence-electron chi connectivity index (χ3n) is 6.81. The van der Waals surface area contributed by atoms with Crippen molar-refractivity contribution >= 4 is 28.3 Å². The lowest BCUT2D eigenvalue weighted by Gasteiger charge is -2.30. The van der Waals surface area contributed by atoms with Crippen LogP contribution in [0.2, 0.25) is 0 Å². The number of rotatable bonds is 11. The second kappa shape index (κ2) is 12.8. The number of nitrogens with zero attached hydrogens (tertiary/aromatic N) is 3. The number of anilines is 1. The number of carbonyl (C=O) groups is 2. The molecule has 0 spiro atoms. The molecule has 2 aliphatic heterocycles. The quantitative estimate of drug-likeness (QED) is 0.361. The molecule has 0 radical (unpaired) electrons. The number of benzene rings is 2. The fourth-order valence-electron chi connectivity index (χ4n) is 4.64. The van der Waals surface area contributed by atoms with Gasteiger partial charge in [0.15, 0.2) is 5.13 Å². The molecule has 2 aliphatic rings. The molecule has 1 unspecified atom stereocenters. The van der Waals surface area contributed by atoms with Crippen LogP contribution in [0.4, 0.5) is 5.13 Å². The first kappa shape index (κ1) is 28.0. The second-order valence-corrected chi connectivity index (χ2v) is 11.0. The van der Waals surface area contributed by atoms with Crippen LogP contribution in [0.15, 0.2) is 42.5 Å². The van der Waals surface area contributed by atoms with Crippen LogP contribution in [0, 0.1) is 0 Å². The Hall–Kier alpha value is -3.51. The van der Waals surface area contributed by atoms with Crippen LogP contribution in [0.1, 0.15) is 44.6 Å². The fraction of sp³-hybridized carbons (Fsp3) is 0.414. The highest BCUT2D eigenvalue weighted by atomic mass is 32.1. The molecule has 10 nitrogen and oxygen atoms in total. The standard InChI is InChI=1S/C29H34N4O6S/c1-19(18-37-2)38-23-14-21(27(35)31-29-30-25-8-11-32(12-13-34)17-26(25)40-29)15-24(16-23)39-22-6-4-20(5-7-22)28(36)33-9-3-10-33/h4-7,14-16,19,34H,3,8-13,17-18H2,1-2H3,(H,30,31,35). The van der Waals surface area contributed by atoms with E-state index in [2.05, 4.69) is 15.2 Å². The van der Waals surface area contributed by atoms with E-state index in [1.165, 1.54) is 11.3 Å². The van der Waals surface area contributed by atoms with Crippen molar-refractivity contribution in [3.8, 4) is 17.2 Å². The summed E-state index contributed by atoms with van der Waals surface area (Å²) in [6, 6.07) is 12.0. The molecule has 0 aliphatic carbocycles. The number of methoxy groups -OCH3 is 1. The zero-order chi connectivity index (χ0) is 28.1. The predicted molar refractivity (Wildman–Crippen MR) is 152 cm³/mol. The number of ether oxygens (including phenoxy) is 3. The van der Waals surface area contributed by atoms with Gasteiger partial charge in [-0.2, -0.15) is 0 Å². The van der Waals surface area contributed by atoms with E-state index in [0.717, 1.165) is 43.0 Å². The lowest BCUT2D eigenvalue weighted by Crippen LogP contribution is -2.41. The highest BCUT2D eigenvalue weighted by Crippen LogP contribution is 2.31. The molecule has 212 valence electrons. The Labute approximate surface area is 237 Å². The molecule has 1 fully saturated rings. The molecule has 2 aromatic carbocycles. The van der Waals surface area contributed by atoms with E-state index in [1.54, 1.807) is 49.6 Å². The molecule has 2 amide bonds. The van der Waals surface area contributed by atoms with Crippen molar-refractivity contribution in [3.05, 3.63) is 64.2 Å². The van der Waals surface area contributed by atoms with Crippen LogP contribution in [0.25, 0.3) is 0 Å². The van der Waals surface area contributed by atoms with Crippen molar-refractivity contribution in [1.82, 2.24) is 14.8 Å². The van der Waals surface area contributed by atoms with Gasteiger partial charge in [0.1, 0.15) is 23.4 Å². The summed E-state index contributed by atoms with van der Waals surface area (Å²) in [7, 11) is 1.60. The Balaban J connectivity index is 1.32. The molecule has 1 saturated heterocycles. The number of thiazole rings is 1. The summed E-state index contributed by atoms with van der Waals surface area (Å²) in [5.74, 6) is 1.11. The Bertz CT molecular complexity index is 1340. The molecule has 1 aromatic heterocycles. The highest BCUT2D eigenvalue weighted by Gasteiger charge is 2.23. The van der Waals surface area contributed by atoms with E-state index in [-0.39, 0.29) is 24.5 Å². The number of nitrogens with one attached hydrogen (secondary N) is 1. The smallest absolute Gasteiger partial charge is 0.257 e. The largest absolute Gasteiger partial charge is 0.488 e. The van der Waals surface area contributed by atoms with E-state index in [4.69, 9.17) is 14.2 Å². The summed E-state index contributed by atoms with van der Waals surface area (Å²) in [6.45, 7) is 6.13. The van der Waals surface area contributed by atoms with Gasteiger partial charge < -0.3 is 24.2 Å². The topological polar surface area (TPSA) is 113 Å². The fourth-order valence-corrected chi connectivity index (χ4v) is 5.68. The molecule has 11 heteroatoms. The van der Waals surface area contributed by atoms with Crippen LogP contribution in [0.5, 0.6) is 17.2 Å². The normalized spacial score (nSPS) is 15.6. The number of aliphatic hydroxyl groups excluding tert-OH is 1. The summed E-state index contributed by atoms with van der Waals surface area (Å²) < 4.78 is 17.3.